The largest absolute Gasteiger partial charge is 0.366 e. The van der Waals surface area contributed by atoms with Crippen LogP contribution in [0.5, 0.6) is 0 Å². The lowest BCUT2D eigenvalue weighted by Gasteiger charge is -2.06. The maximum Gasteiger partial charge on any atom is 0.366 e. The SMILES string of the molecule is O=c1onc(-c2ccc(-c3ccccc3)cc2)c2ccccc12. The molecule has 110 valence electrons. The maximum atomic E-state index is 11.8. The third kappa shape index (κ3) is 2.42. The van der Waals surface area contributed by atoms with Crippen molar-refractivity contribution in [3.8, 4) is 22.4 Å². The van der Waals surface area contributed by atoms with Crippen molar-refractivity contribution < 1.29 is 4.52 Å². The molecule has 0 aliphatic rings. The number of benzene rings is 3. The first kappa shape index (κ1) is 13.5. The Kier molecular flexibility index (Phi) is 3.24. The minimum Gasteiger partial charge on any atom is -0.312 e. The summed E-state index contributed by atoms with van der Waals surface area (Å²) in [5, 5.41) is 5.34. The monoisotopic (exact) mass is 299 g/mol. The molecule has 0 radical (unpaired) electrons. The van der Waals surface area contributed by atoms with Crippen LogP contribution in [0, 0.1) is 0 Å². The van der Waals surface area contributed by atoms with Crippen LogP contribution in [0.15, 0.2) is 88.2 Å². The van der Waals surface area contributed by atoms with Gasteiger partial charge in [-0.2, -0.15) is 0 Å². The topological polar surface area (TPSA) is 43.1 Å². The van der Waals surface area contributed by atoms with Crippen LogP contribution in [-0.4, -0.2) is 5.16 Å². The van der Waals surface area contributed by atoms with Crippen LogP contribution in [0.3, 0.4) is 0 Å². The average Bonchev–Trinajstić information content (AvgIpc) is 2.63. The summed E-state index contributed by atoms with van der Waals surface area (Å²) >= 11 is 0. The normalized spacial score (nSPS) is 10.8. The van der Waals surface area contributed by atoms with Crippen molar-refractivity contribution in [3.05, 3.63) is 89.3 Å². The summed E-state index contributed by atoms with van der Waals surface area (Å²) in [6, 6.07) is 25.6. The Hall–Kier alpha value is -3.20. The lowest BCUT2D eigenvalue weighted by molar-refractivity contribution is 0.380. The molecule has 3 nitrogen and oxygen atoms in total. The highest BCUT2D eigenvalue weighted by atomic mass is 16.5. The Morgan fingerprint density at radius 1 is 0.609 bits per heavy atom. The van der Waals surface area contributed by atoms with Crippen molar-refractivity contribution in [2.45, 2.75) is 0 Å². The Balaban J connectivity index is 1.83. The predicted octanol–water partition coefficient (Wildman–Crippen LogP) is 4.52. The summed E-state index contributed by atoms with van der Waals surface area (Å²) in [7, 11) is 0. The molecule has 23 heavy (non-hydrogen) atoms. The molecule has 0 unspecified atom stereocenters. The summed E-state index contributed by atoms with van der Waals surface area (Å²) in [4.78, 5) is 11.8. The zero-order valence-electron chi connectivity index (χ0n) is 12.3. The van der Waals surface area contributed by atoms with Crippen molar-refractivity contribution in [2.75, 3.05) is 0 Å². The number of rotatable bonds is 2. The molecule has 3 heteroatoms. The minimum atomic E-state index is -0.412. The van der Waals surface area contributed by atoms with Crippen LogP contribution in [0.25, 0.3) is 33.2 Å². The highest BCUT2D eigenvalue weighted by Gasteiger charge is 2.10. The third-order valence-corrected chi connectivity index (χ3v) is 3.89. The van der Waals surface area contributed by atoms with Crippen molar-refractivity contribution in [1.82, 2.24) is 5.16 Å². The highest BCUT2D eigenvalue weighted by Crippen LogP contribution is 2.27. The molecular formula is C20H13NO2. The molecule has 1 heterocycles. The molecule has 0 saturated carbocycles. The molecule has 4 aromatic rings. The van der Waals surface area contributed by atoms with E-state index in [0.29, 0.717) is 11.1 Å². The van der Waals surface area contributed by atoms with Gasteiger partial charge in [-0.15, -0.1) is 0 Å². The Morgan fingerprint density at radius 3 is 1.91 bits per heavy atom. The highest BCUT2D eigenvalue weighted by molar-refractivity contribution is 5.93. The van der Waals surface area contributed by atoms with E-state index in [0.717, 1.165) is 22.1 Å². The van der Waals surface area contributed by atoms with Gasteiger partial charge in [-0.3, -0.25) is 0 Å². The molecule has 0 spiro atoms. The van der Waals surface area contributed by atoms with Gasteiger partial charge in [-0.25, -0.2) is 4.79 Å². The second-order valence-electron chi connectivity index (χ2n) is 5.31. The van der Waals surface area contributed by atoms with Gasteiger partial charge in [0.15, 0.2) is 0 Å². The van der Waals surface area contributed by atoms with E-state index in [1.165, 1.54) is 0 Å². The molecule has 0 bridgehead atoms. The standard InChI is InChI=1S/C20H13NO2/c22-20-18-9-5-4-8-17(18)19(21-23-20)16-12-10-15(11-13-16)14-6-2-1-3-7-14/h1-13H. The van der Waals surface area contributed by atoms with Crippen LogP contribution >= 0.6 is 0 Å². The van der Waals surface area contributed by atoms with Gasteiger partial charge in [0, 0.05) is 10.9 Å². The van der Waals surface area contributed by atoms with Crippen molar-refractivity contribution >= 4 is 10.8 Å². The van der Waals surface area contributed by atoms with Crippen molar-refractivity contribution in [2.24, 2.45) is 0 Å². The van der Waals surface area contributed by atoms with Gasteiger partial charge in [-0.1, -0.05) is 78.0 Å². The van der Waals surface area contributed by atoms with E-state index >= 15 is 0 Å². The Morgan fingerprint density at radius 2 is 1.17 bits per heavy atom. The molecule has 0 aliphatic carbocycles. The summed E-state index contributed by atoms with van der Waals surface area (Å²) in [6.45, 7) is 0. The zero-order chi connectivity index (χ0) is 15.6. The lowest BCUT2D eigenvalue weighted by Crippen LogP contribution is -2.02. The van der Waals surface area contributed by atoms with Crippen LogP contribution in [0.2, 0.25) is 0 Å². The molecule has 1 aromatic heterocycles. The van der Waals surface area contributed by atoms with Gasteiger partial charge in [0.25, 0.3) is 0 Å². The smallest absolute Gasteiger partial charge is 0.312 e. The predicted molar refractivity (Wildman–Crippen MR) is 91.2 cm³/mol. The van der Waals surface area contributed by atoms with E-state index < -0.39 is 5.63 Å². The first-order chi connectivity index (χ1) is 11.3. The Bertz CT molecular complexity index is 1020. The molecule has 4 rings (SSSR count). The minimum absolute atomic E-state index is 0.412. The van der Waals surface area contributed by atoms with Crippen LogP contribution in [-0.2, 0) is 0 Å². The second kappa shape index (κ2) is 5.54. The van der Waals surface area contributed by atoms with E-state index in [2.05, 4.69) is 17.3 Å². The number of nitrogens with zero attached hydrogens (tertiary/aromatic N) is 1. The number of aromatic nitrogens is 1. The molecule has 0 saturated heterocycles. The summed E-state index contributed by atoms with van der Waals surface area (Å²) < 4.78 is 4.94. The summed E-state index contributed by atoms with van der Waals surface area (Å²) in [6.07, 6.45) is 0. The molecule has 0 atom stereocenters. The quantitative estimate of drug-likeness (QED) is 0.546. The van der Waals surface area contributed by atoms with Gasteiger partial charge in [0.05, 0.1) is 5.39 Å². The van der Waals surface area contributed by atoms with Crippen LogP contribution < -0.4 is 5.63 Å². The van der Waals surface area contributed by atoms with E-state index in [1.54, 1.807) is 6.07 Å². The Labute approximate surface area is 132 Å². The fourth-order valence-corrected chi connectivity index (χ4v) is 2.71. The fraction of sp³-hybridized carbons (Fsp3) is 0. The van der Waals surface area contributed by atoms with Gasteiger partial charge in [0.2, 0.25) is 0 Å². The second-order valence-corrected chi connectivity index (χ2v) is 5.31. The first-order valence-electron chi connectivity index (χ1n) is 7.37. The van der Waals surface area contributed by atoms with Gasteiger partial charge >= 0.3 is 5.63 Å². The van der Waals surface area contributed by atoms with Crippen LogP contribution in [0.1, 0.15) is 0 Å². The van der Waals surface area contributed by atoms with Crippen molar-refractivity contribution in [1.29, 1.82) is 0 Å². The molecule has 0 N–H and O–H groups in total. The molecular weight excluding hydrogens is 286 g/mol. The van der Waals surface area contributed by atoms with Gasteiger partial charge in [-0.05, 0) is 17.2 Å². The summed E-state index contributed by atoms with van der Waals surface area (Å²) in [5.74, 6) is 0. The fourth-order valence-electron chi connectivity index (χ4n) is 2.71. The third-order valence-electron chi connectivity index (χ3n) is 3.89. The number of fused-ring (bicyclic) bond motifs is 1. The van der Waals surface area contributed by atoms with E-state index in [4.69, 9.17) is 4.52 Å². The zero-order valence-corrected chi connectivity index (χ0v) is 12.3. The summed E-state index contributed by atoms with van der Waals surface area (Å²) in [5.41, 5.74) is 3.49. The maximum absolute atomic E-state index is 11.8. The molecule has 0 fully saturated rings. The first-order valence-corrected chi connectivity index (χ1v) is 7.37. The number of hydrogen-bond donors (Lipinski definition) is 0. The van der Waals surface area contributed by atoms with Crippen molar-refractivity contribution in [3.63, 3.8) is 0 Å². The van der Waals surface area contributed by atoms with Crippen LogP contribution in [0.4, 0.5) is 0 Å². The molecule has 0 aliphatic heterocycles. The van der Waals surface area contributed by atoms with Gasteiger partial charge in [0.1, 0.15) is 5.69 Å². The molecule has 0 amide bonds. The van der Waals surface area contributed by atoms with E-state index in [9.17, 15) is 4.79 Å². The van der Waals surface area contributed by atoms with Gasteiger partial charge < -0.3 is 4.52 Å². The molecule has 3 aromatic carbocycles. The number of hydrogen-bond acceptors (Lipinski definition) is 3. The van der Waals surface area contributed by atoms with E-state index in [1.807, 2.05) is 60.7 Å². The lowest BCUT2D eigenvalue weighted by atomic mass is 10.0. The van der Waals surface area contributed by atoms with E-state index in [-0.39, 0.29) is 0 Å². The average molecular weight is 299 g/mol.